The normalized spacial score (nSPS) is 16.3. The van der Waals surface area contributed by atoms with E-state index in [4.69, 9.17) is 14.6 Å². The van der Waals surface area contributed by atoms with Gasteiger partial charge in [-0.3, -0.25) is 14.6 Å². The minimum atomic E-state index is -0.808. The molecule has 0 bridgehead atoms. The molecule has 2 aromatic carbocycles. The number of amides is 2. The molecule has 2 unspecified atom stereocenters. The molecule has 2 amide bonds. The minimum absolute atomic E-state index is 0.151. The van der Waals surface area contributed by atoms with E-state index in [-0.39, 0.29) is 16.4 Å². The summed E-state index contributed by atoms with van der Waals surface area (Å²) in [5.74, 6) is 0.818. The predicted octanol–water partition coefficient (Wildman–Crippen LogP) is 4.88. The number of carbonyl (C=O) groups excluding carboxylic acids is 2. The third-order valence-corrected chi connectivity index (χ3v) is 6.78. The van der Waals surface area contributed by atoms with Gasteiger partial charge in [0.2, 0.25) is 0 Å². The van der Waals surface area contributed by atoms with E-state index < -0.39 is 6.17 Å². The van der Waals surface area contributed by atoms with Gasteiger partial charge in [0.25, 0.3) is 5.91 Å². The molecule has 1 aliphatic heterocycles. The molecule has 2 atom stereocenters. The van der Waals surface area contributed by atoms with Gasteiger partial charge in [-0.05, 0) is 42.3 Å². The number of carbonyl (C=O) groups is 2. The lowest BCUT2D eigenvalue weighted by Crippen LogP contribution is -2.44. The number of hydrogen-bond acceptors (Lipinski definition) is 7. The van der Waals surface area contributed by atoms with Crippen LogP contribution in [0.4, 0.5) is 4.79 Å². The molecule has 35 heavy (non-hydrogen) atoms. The van der Waals surface area contributed by atoms with E-state index in [0.717, 1.165) is 16.8 Å². The van der Waals surface area contributed by atoms with Crippen LogP contribution in [0.2, 0.25) is 0 Å². The van der Waals surface area contributed by atoms with Crippen molar-refractivity contribution < 1.29 is 19.1 Å². The Morgan fingerprint density at radius 2 is 1.86 bits per heavy atom. The maximum Gasteiger partial charge on any atom is 0.304 e. The maximum atomic E-state index is 13.3. The zero-order valence-corrected chi connectivity index (χ0v) is 20.5. The summed E-state index contributed by atoms with van der Waals surface area (Å²) in [7, 11) is 3.15. The average Bonchev–Trinajstić information content (AvgIpc) is 2.92. The van der Waals surface area contributed by atoms with Gasteiger partial charge in [-0.25, -0.2) is 0 Å². The van der Waals surface area contributed by atoms with Crippen LogP contribution >= 0.6 is 11.8 Å². The first kappa shape index (κ1) is 24.3. The molecule has 3 aromatic rings. The largest absolute Gasteiger partial charge is 0.493 e. The van der Waals surface area contributed by atoms with Gasteiger partial charge >= 0.3 is 5.24 Å². The Morgan fingerprint density at radius 1 is 1.09 bits per heavy atom. The van der Waals surface area contributed by atoms with Gasteiger partial charge < -0.3 is 14.8 Å². The molecule has 1 aliphatic rings. The number of benzene rings is 2. The molecule has 1 aromatic heterocycles. The smallest absolute Gasteiger partial charge is 0.304 e. The van der Waals surface area contributed by atoms with Crippen LogP contribution in [0.3, 0.4) is 0 Å². The Bertz CT molecular complexity index is 1220. The van der Waals surface area contributed by atoms with Gasteiger partial charge in [0.15, 0.2) is 17.7 Å². The number of hydrazone groups is 1. The third kappa shape index (κ3) is 5.30. The number of aromatic nitrogens is 1. The molecule has 180 valence electrons. The quantitative estimate of drug-likeness (QED) is 0.484. The molecule has 0 spiro atoms. The first-order valence-corrected chi connectivity index (χ1v) is 12.0. The summed E-state index contributed by atoms with van der Waals surface area (Å²) in [5.41, 5.74) is 2.64. The number of nitrogens with zero attached hydrogens (tertiary/aromatic N) is 3. The second kappa shape index (κ2) is 11.1. The first-order chi connectivity index (χ1) is 17.0. The molecule has 4 rings (SSSR count). The van der Waals surface area contributed by atoms with Crippen molar-refractivity contribution in [2.45, 2.75) is 24.8 Å². The fraction of sp³-hybridized carbons (Fsp3) is 0.231. The maximum absolute atomic E-state index is 13.3. The summed E-state index contributed by atoms with van der Waals surface area (Å²) < 4.78 is 10.8. The lowest BCUT2D eigenvalue weighted by atomic mass is 10.0. The molecular weight excluding hydrogens is 464 g/mol. The molecule has 0 saturated carbocycles. The first-order valence-electron chi connectivity index (χ1n) is 11.1. The Morgan fingerprint density at radius 3 is 2.51 bits per heavy atom. The van der Waals surface area contributed by atoms with Crippen LogP contribution in [0.15, 0.2) is 78.2 Å². The second-order valence-electron chi connectivity index (χ2n) is 7.71. The fourth-order valence-electron chi connectivity index (χ4n) is 3.76. The molecular formula is C26H26N4O4S. The van der Waals surface area contributed by atoms with Crippen molar-refractivity contribution in [3.05, 3.63) is 89.7 Å². The van der Waals surface area contributed by atoms with Crippen molar-refractivity contribution in [1.29, 1.82) is 0 Å². The highest BCUT2D eigenvalue weighted by atomic mass is 32.2. The van der Waals surface area contributed by atoms with E-state index in [9.17, 15) is 9.59 Å². The summed E-state index contributed by atoms with van der Waals surface area (Å²) in [5, 5.41) is 8.69. The van der Waals surface area contributed by atoms with Crippen LogP contribution in [0.25, 0.3) is 0 Å². The lowest BCUT2D eigenvalue weighted by molar-refractivity contribution is 0.0887. The third-order valence-electron chi connectivity index (χ3n) is 5.55. The minimum Gasteiger partial charge on any atom is -0.493 e. The van der Waals surface area contributed by atoms with Gasteiger partial charge in [-0.1, -0.05) is 49.0 Å². The number of rotatable bonds is 8. The zero-order valence-electron chi connectivity index (χ0n) is 19.7. The number of ether oxygens (including phenoxy) is 2. The molecule has 8 nitrogen and oxygen atoms in total. The highest BCUT2D eigenvalue weighted by Gasteiger charge is 2.36. The highest BCUT2D eigenvalue weighted by molar-refractivity contribution is 8.14. The van der Waals surface area contributed by atoms with Crippen LogP contribution in [-0.4, -0.2) is 46.3 Å². The molecule has 1 N–H and O–H groups in total. The molecule has 0 aliphatic carbocycles. The Kier molecular flexibility index (Phi) is 7.67. The molecule has 0 saturated heterocycles. The highest BCUT2D eigenvalue weighted by Crippen LogP contribution is 2.35. The Balaban J connectivity index is 1.77. The number of pyridine rings is 1. The van der Waals surface area contributed by atoms with Crippen LogP contribution in [0.5, 0.6) is 11.5 Å². The van der Waals surface area contributed by atoms with Crippen molar-refractivity contribution in [3.63, 3.8) is 0 Å². The van der Waals surface area contributed by atoms with Gasteiger partial charge in [0.1, 0.15) is 0 Å². The van der Waals surface area contributed by atoms with Crippen molar-refractivity contribution >= 4 is 28.6 Å². The van der Waals surface area contributed by atoms with Crippen LogP contribution in [-0.2, 0) is 0 Å². The molecule has 0 fully saturated rings. The molecule has 2 heterocycles. The number of methoxy groups -OCH3 is 2. The van der Waals surface area contributed by atoms with Crippen LogP contribution in [0, 0.1) is 0 Å². The Hall–Kier alpha value is -3.85. The van der Waals surface area contributed by atoms with E-state index >= 15 is 0 Å². The molecule has 9 heteroatoms. The molecule has 0 radical (unpaired) electrons. The average molecular weight is 491 g/mol. The zero-order chi connectivity index (χ0) is 24.8. The summed E-state index contributed by atoms with van der Waals surface area (Å²) in [6.45, 7) is 2.01. The SMILES string of the molecule is CCC1SC(=O)N(C(NC(=O)c2cccnc2)c2ccccc2)N=C1c1ccc(OC)c(OC)c1. The van der Waals surface area contributed by atoms with Gasteiger partial charge in [0, 0.05) is 18.0 Å². The summed E-state index contributed by atoms with van der Waals surface area (Å²) in [4.78, 5) is 30.3. The van der Waals surface area contributed by atoms with E-state index in [1.54, 1.807) is 32.5 Å². The van der Waals surface area contributed by atoms with E-state index in [0.29, 0.717) is 23.5 Å². The predicted molar refractivity (Wildman–Crippen MR) is 136 cm³/mol. The monoisotopic (exact) mass is 490 g/mol. The summed E-state index contributed by atoms with van der Waals surface area (Å²) in [6.07, 6.45) is 2.98. The van der Waals surface area contributed by atoms with Gasteiger partial charge in [0.05, 0.1) is 30.7 Å². The fourth-order valence-corrected chi connectivity index (χ4v) is 4.72. The van der Waals surface area contributed by atoms with Gasteiger partial charge in [-0.2, -0.15) is 10.1 Å². The van der Waals surface area contributed by atoms with Gasteiger partial charge in [-0.15, -0.1) is 0 Å². The standard InChI is InChI=1S/C26H26N4O4S/c1-4-22-23(18-12-13-20(33-2)21(15-18)34-3)29-30(26(32)35-22)24(17-9-6-5-7-10-17)28-25(31)19-11-8-14-27-16-19/h5-16,22,24H,4H2,1-3H3,(H,28,31). The second-order valence-corrected chi connectivity index (χ2v) is 8.86. The summed E-state index contributed by atoms with van der Waals surface area (Å²) >= 11 is 1.19. The topological polar surface area (TPSA) is 93.1 Å². The summed E-state index contributed by atoms with van der Waals surface area (Å²) in [6, 6.07) is 18.2. The van der Waals surface area contributed by atoms with Crippen molar-refractivity contribution in [2.24, 2.45) is 5.10 Å². The van der Waals surface area contributed by atoms with E-state index in [1.165, 1.54) is 23.0 Å². The number of nitrogens with one attached hydrogen (secondary N) is 1. The Labute approximate surface area is 208 Å². The van der Waals surface area contributed by atoms with Crippen LogP contribution in [0.1, 0.15) is 41.0 Å². The van der Waals surface area contributed by atoms with Crippen molar-refractivity contribution in [3.8, 4) is 11.5 Å². The van der Waals surface area contributed by atoms with Crippen molar-refractivity contribution in [2.75, 3.05) is 14.2 Å². The lowest BCUT2D eigenvalue weighted by Gasteiger charge is -2.34. The van der Waals surface area contributed by atoms with E-state index in [2.05, 4.69) is 10.3 Å². The van der Waals surface area contributed by atoms with E-state index in [1.807, 2.05) is 55.5 Å². The van der Waals surface area contributed by atoms with Crippen molar-refractivity contribution in [1.82, 2.24) is 15.3 Å². The number of hydrogen-bond donors (Lipinski definition) is 1. The number of thioether (sulfide) groups is 1. The van der Waals surface area contributed by atoms with Crippen LogP contribution < -0.4 is 14.8 Å².